The quantitative estimate of drug-likeness (QED) is 0.620. The van der Waals surface area contributed by atoms with Gasteiger partial charge in [0.15, 0.2) is 11.5 Å². The summed E-state index contributed by atoms with van der Waals surface area (Å²) in [6.07, 6.45) is 0.607. The second-order valence-corrected chi connectivity index (χ2v) is 7.12. The van der Waals surface area contributed by atoms with E-state index >= 15 is 0 Å². The molecule has 0 unspecified atom stereocenters. The van der Waals surface area contributed by atoms with Gasteiger partial charge >= 0.3 is 0 Å². The van der Waals surface area contributed by atoms with Crippen LogP contribution >= 0.6 is 0 Å². The van der Waals surface area contributed by atoms with Gasteiger partial charge in [0.25, 0.3) is 0 Å². The molecule has 0 fully saturated rings. The number of rotatable bonds is 10. The number of hydrogen-bond donors (Lipinski definition) is 1. The predicted molar refractivity (Wildman–Crippen MR) is 117 cm³/mol. The van der Waals surface area contributed by atoms with Gasteiger partial charge in [-0.25, -0.2) is 0 Å². The molecule has 0 spiro atoms. The zero-order valence-electron chi connectivity index (χ0n) is 18.7. The van der Waals surface area contributed by atoms with Crippen LogP contribution in [0, 0.1) is 5.92 Å². The molecule has 0 bridgehead atoms. The number of carbonyl (C=O) groups is 1. The summed E-state index contributed by atoms with van der Waals surface area (Å²) in [6, 6.07) is 9.43. The lowest BCUT2D eigenvalue weighted by Gasteiger charge is -2.25. The maximum atomic E-state index is 12.8. The van der Waals surface area contributed by atoms with Gasteiger partial charge in [-0.2, -0.15) is 0 Å². The van der Waals surface area contributed by atoms with E-state index in [1.807, 2.05) is 51.1 Å². The summed E-state index contributed by atoms with van der Waals surface area (Å²) in [7, 11) is 1.62. The van der Waals surface area contributed by atoms with Gasteiger partial charge in [-0.05, 0) is 68.7 Å². The van der Waals surface area contributed by atoms with Gasteiger partial charge in [0.1, 0.15) is 18.1 Å². The third-order valence-corrected chi connectivity index (χ3v) is 4.98. The molecule has 1 amide bonds. The molecule has 1 aliphatic heterocycles. The van der Waals surface area contributed by atoms with Gasteiger partial charge in [0.05, 0.1) is 32.8 Å². The average Bonchev–Trinajstić information content (AvgIpc) is 2.79. The first-order valence-corrected chi connectivity index (χ1v) is 10.7. The third-order valence-electron chi connectivity index (χ3n) is 4.98. The third kappa shape index (κ3) is 5.54. The molecule has 2 aromatic rings. The molecule has 1 N–H and O–H groups in total. The van der Waals surface area contributed by atoms with Crippen LogP contribution in [0.1, 0.15) is 31.9 Å². The van der Waals surface area contributed by atoms with Crippen molar-refractivity contribution >= 4 is 5.91 Å². The minimum atomic E-state index is -0.264. The van der Waals surface area contributed by atoms with Gasteiger partial charge < -0.3 is 29.0 Å². The largest absolute Gasteiger partial charge is 0.497 e. The standard InChI is InChI=1S/C24H31NO6/c1-5-28-21-10-16(11-22(29-6-2)23(21)30-7-3)14-25-24(26)18-12-17-13-19(27-4)8-9-20(17)31-15-18/h8-11,13,18H,5-7,12,14-15H2,1-4H3,(H,25,26)/t18-/m1/s1. The van der Waals surface area contributed by atoms with E-state index in [9.17, 15) is 4.79 Å². The molecule has 0 saturated carbocycles. The van der Waals surface area contributed by atoms with Crippen molar-refractivity contribution in [3.63, 3.8) is 0 Å². The molecule has 2 aromatic carbocycles. The molecule has 168 valence electrons. The van der Waals surface area contributed by atoms with Crippen molar-refractivity contribution < 1.29 is 28.5 Å². The van der Waals surface area contributed by atoms with Crippen molar-refractivity contribution in [1.82, 2.24) is 5.32 Å². The minimum Gasteiger partial charge on any atom is -0.497 e. The van der Waals surface area contributed by atoms with E-state index in [0.29, 0.717) is 56.6 Å². The number of carbonyl (C=O) groups excluding carboxylic acids is 1. The summed E-state index contributed by atoms with van der Waals surface area (Å²) in [5, 5.41) is 3.02. The second kappa shape index (κ2) is 10.8. The highest BCUT2D eigenvalue weighted by molar-refractivity contribution is 5.79. The van der Waals surface area contributed by atoms with Crippen LogP contribution in [0.5, 0.6) is 28.7 Å². The van der Waals surface area contributed by atoms with Crippen LogP contribution in [0.2, 0.25) is 0 Å². The normalized spacial score (nSPS) is 14.8. The van der Waals surface area contributed by atoms with E-state index in [1.54, 1.807) is 7.11 Å². The Morgan fingerprint density at radius 3 is 2.32 bits per heavy atom. The van der Waals surface area contributed by atoms with Crippen LogP contribution in [-0.4, -0.2) is 39.4 Å². The Labute approximate surface area is 183 Å². The maximum absolute atomic E-state index is 12.8. The molecule has 0 aromatic heterocycles. The van der Waals surface area contributed by atoms with Crippen molar-refractivity contribution in [2.45, 2.75) is 33.7 Å². The Kier molecular flexibility index (Phi) is 7.87. The van der Waals surface area contributed by atoms with Crippen molar-refractivity contribution in [1.29, 1.82) is 0 Å². The first-order chi connectivity index (χ1) is 15.1. The van der Waals surface area contributed by atoms with Crippen molar-refractivity contribution in [3.05, 3.63) is 41.5 Å². The zero-order valence-corrected chi connectivity index (χ0v) is 18.7. The molecule has 3 rings (SSSR count). The molecular weight excluding hydrogens is 398 g/mol. The first-order valence-electron chi connectivity index (χ1n) is 10.7. The Bertz CT molecular complexity index is 871. The van der Waals surface area contributed by atoms with Crippen LogP contribution in [0.3, 0.4) is 0 Å². The number of benzene rings is 2. The van der Waals surface area contributed by atoms with E-state index in [-0.39, 0.29) is 11.8 Å². The highest BCUT2D eigenvalue weighted by atomic mass is 16.5. The predicted octanol–water partition coefficient (Wildman–Crippen LogP) is 3.76. The van der Waals surface area contributed by atoms with Crippen LogP contribution in [0.4, 0.5) is 0 Å². The molecule has 0 saturated heterocycles. The van der Waals surface area contributed by atoms with E-state index in [1.165, 1.54) is 0 Å². The van der Waals surface area contributed by atoms with Gasteiger partial charge in [-0.1, -0.05) is 0 Å². The molecule has 1 heterocycles. The Balaban J connectivity index is 1.70. The number of methoxy groups -OCH3 is 1. The highest BCUT2D eigenvalue weighted by Crippen LogP contribution is 2.39. The minimum absolute atomic E-state index is 0.0572. The van der Waals surface area contributed by atoms with E-state index in [4.69, 9.17) is 23.7 Å². The highest BCUT2D eigenvalue weighted by Gasteiger charge is 2.26. The molecular formula is C24H31NO6. The van der Waals surface area contributed by atoms with Crippen LogP contribution in [-0.2, 0) is 17.8 Å². The lowest BCUT2D eigenvalue weighted by Crippen LogP contribution is -2.37. The molecule has 0 aliphatic carbocycles. The number of amides is 1. The van der Waals surface area contributed by atoms with Crippen molar-refractivity contribution in [2.75, 3.05) is 33.5 Å². The van der Waals surface area contributed by atoms with Crippen molar-refractivity contribution in [3.8, 4) is 28.7 Å². The number of nitrogens with one attached hydrogen (secondary N) is 1. The monoisotopic (exact) mass is 429 g/mol. The van der Waals surface area contributed by atoms with Crippen molar-refractivity contribution in [2.24, 2.45) is 5.92 Å². The SMILES string of the molecule is CCOc1cc(CNC(=O)[C@H]2COc3ccc(OC)cc3C2)cc(OCC)c1OCC. The molecule has 1 aliphatic rings. The average molecular weight is 430 g/mol. The Morgan fingerprint density at radius 2 is 1.71 bits per heavy atom. The number of fused-ring (bicyclic) bond motifs is 1. The van der Waals surface area contributed by atoms with Gasteiger partial charge in [-0.15, -0.1) is 0 Å². The zero-order chi connectivity index (χ0) is 22.2. The molecule has 7 nitrogen and oxygen atoms in total. The number of ether oxygens (including phenoxy) is 5. The summed E-state index contributed by atoms with van der Waals surface area (Å²) >= 11 is 0. The van der Waals surface area contributed by atoms with Gasteiger partial charge in [0, 0.05) is 6.54 Å². The van der Waals surface area contributed by atoms with Crippen LogP contribution in [0.25, 0.3) is 0 Å². The first kappa shape index (κ1) is 22.6. The topological polar surface area (TPSA) is 75.3 Å². The van der Waals surface area contributed by atoms with E-state index in [2.05, 4.69) is 5.32 Å². The smallest absolute Gasteiger partial charge is 0.227 e. The number of hydrogen-bond acceptors (Lipinski definition) is 6. The fourth-order valence-electron chi connectivity index (χ4n) is 3.54. The van der Waals surface area contributed by atoms with Crippen LogP contribution in [0.15, 0.2) is 30.3 Å². The molecule has 0 radical (unpaired) electrons. The second-order valence-electron chi connectivity index (χ2n) is 7.12. The van der Waals surface area contributed by atoms with Gasteiger partial charge in [0.2, 0.25) is 11.7 Å². The maximum Gasteiger partial charge on any atom is 0.227 e. The van der Waals surface area contributed by atoms with E-state index in [0.717, 1.165) is 22.6 Å². The van der Waals surface area contributed by atoms with Crippen LogP contribution < -0.4 is 29.0 Å². The fraction of sp³-hybridized carbons (Fsp3) is 0.458. The summed E-state index contributed by atoms with van der Waals surface area (Å²) in [6.45, 7) is 7.97. The Hall–Kier alpha value is -3.09. The fourth-order valence-corrected chi connectivity index (χ4v) is 3.54. The van der Waals surface area contributed by atoms with Gasteiger partial charge in [-0.3, -0.25) is 4.79 Å². The molecule has 31 heavy (non-hydrogen) atoms. The van der Waals surface area contributed by atoms with E-state index < -0.39 is 0 Å². The lowest BCUT2D eigenvalue weighted by atomic mass is 9.95. The lowest BCUT2D eigenvalue weighted by molar-refractivity contribution is -0.126. The summed E-state index contributed by atoms with van der Waals surface area (Å²) < 4.78 is 28.3. The Morgan fingerprint density at radius 1 is 1.03 bits per heavy atom. The molecule has 1 atom stereocenters. The summed E-state index contributed by atoms with van der Waals surface area (Å²) in [5.74, 6) is 3.05. The summed E-state index contributed by atoms with van der Waals surface area (Å²) in [4.78, 5) is 12.8. The summed E-state index contributed by atoms with van der Waals surface area (Å²) in [5.41, 5.74) is 1.85. The molecule has 7 heteroatoms.